The molecule has 3 aromatic rings. The van der Waals surface area contributed by atoms with Crippen LogP contribution in [0, 0.1) is 0 Å². The Kier molecular flexibility index (Phi) is 6.77. The number of aromatic nitrogens is 1. The summed E-state index contributed by atoms with van der Waals surface area (Å²) in [6.07, 6.45) is 5.17. The first-order valence-electron chi connectivity index (χ1n) is 12.2. The third-order valence-corrected chi connectivity index (χ3v) is 6.71. The van der Waals surface area contributed by atoms with Crippen LogP contribution in [0.3, 0.4) is 0 Å². The van der Waals surface area contributed by atoms with Crippen molar-refractivity contribution in [2.45, 2.75) is 19.4 Å². The van der Waals surface area contributed by atoms with Crippen molar-refractivity contribution < 1.29 is 19.1 Å². The number of carbonyl (C=O) groups is 2. The number of rotatable bonds is 7. The van der Waals surface area contributed by atoms with Crippen molar-refractivity contribution in [3.05, 3.63) is 83.2 Å². The molecule has 0 aliphatic carbocycles. The number of benzene rings is 2. The third kappa shape index (κ3) is 4.72. The summed E-state index contributed by atoms with van der Waals surface area (Å²) in [6.45, 7) is 3.98. The van der Waals surface area contributed by atoms with Crippen LogP contribution in [-0.4, -0.2) is 55.2 Å². The van der Waals surface area contributed by atoms with Crippen LogP contribution in [0.1, 0.15) is 30.5 Å². The third-order valence-electron chi connectivity index (χ3n) is 6.71. The van der Waals surface area contributed by atoms with Gasteiger partial charge in [-0.25, -0.2) is 9.59 Å². The van der Waals surface area contributed by atoms with Crippen molar-refractivity contribution in [3.63, 3.8) is 0 Å². The van der Waals surface area contributed by atoms with Crippen molar-refractivity contribution in [1.29, 1.82) is 0 Å². The molecule has 0 spiro atoms. The number of urea groups is 1. The fourth-order valence-corrected chi connectivity index (χ4v) is 4.90. The first-order valence-corrected chi connectivity index (χ1v) is 12.2. The quantitative estimate of drug-likeness (QED) is 0.437. The van der Waals surface area contributed by atoms with E-state index in [4.69, 9.17) is 9.47 Å². The highest BCUT2D eigenvalue weighted by Crippen LogP contribution is 2.32. The van der Waals surface area contributed by atoms with Gasteiger partial charge in [-0.1, -0.05) is 36.4 Å². The van der Waals surface area contributed by atoms with Gasteiger partial charge in [-0.2, -0.15) is 0 Å². The van der Waals surface area contributed by atoms with Gasteiger partial charge in [0, 0.05) is 48.0 Å². The normalized spacial score (nSPS) is 18.4. The molecule has 3 heterocycles. The maximum absolute atomic E-state index is 13.1. The van der Waals surface area contributed by atoms with Crippen molar-refractivity contribution >= 4 is 28.5 Å². The number of aromatic amines is 1. The second kappa shape index (κ2) is 10.3. The molecule has 5 rings (SSSR count). The largest absolute Gasteiger partial charge is 0.497 e. The van der Waals surface area contributed by atoms with E-state index in [1.807, 2.05) is 30.3 Å². The van der Waals surface area contributed by atoms with Crippen LogP contribution in [0.15, 0.2) is 72.1 Å². The number of ether oxygens (including phenoxy) is 2. The highest BCUT2D eigenvalue weighted by Gasteiger charge is 2.34. The number of nitrogens with one attached hydrogen (secondary N) is 3. The summed E-state index contributed by atoms with van der Waals surface area (Å²) in [5, 5.41) is 6.98. The lowest BCUT2D eigenvalue weighted by molar-refractivity contribution is -0.139. The number of carbonyl (C=O) groups excluding carboxylic acids is 2. The molecule has 0 saturated carbocycles. The zero-order valence-corrected chi connectivity index (χ0v) is 20.5. The van der Waals surface area contributed by atoms with Crippen LogP contribution < -0.4 is 15.4 Å². The van der Waals surface area contributed by atoms with Crippen molar-refractivity contribution in [1.82, 2.24) is 20.5 Å². The topological polar surface area (TPSA) is 95.7 Å². The zero-order chi connectivity index (χ0) is 25.1. The summed E-state index contributed by atoms with van der Waals surface area (Å²) in [5.41, 5.74) is 5.43. The fraction of sp³-hybridized carbons (Fsp3) is 0.286. The molecule has 3 N–H and O–H groups in total. The average Bonchev–Trinajstić information content (AvgIpc) is 3.33. The van der Waals surface area contributed by atoms with Gasteiger partial charge in [0.25, 0.3) is 0 Å². The zero-order valence-electron chi connectivity index (χ0n) is 20.5. The van der Waals surface area contributed by atoms with Crippen molar-refractivity contribution in [2.75, 3.05) is 33.4 Å². The summed E-state index contributed by atoms with van der Waals surface area (Å²) in [4.78, 5) is 31.3. The lowest BCUT2D eigenvalue weighted by Crippen LogP contribution is -2.48. The maximum atomic E-state index is 13.1. The second-order valence-electron chi connectivity index (χ2n) is 8.88. The van der Waals surface area contributed by atoms with Gasteiger partial charge in [0.2, 0.25) is 0 Å². The Morgan fingerprint density at radius 3 is 2.67 bits per heavy atom. The molecular formula is C28H30N4O4. The minimum atomic E-state index is -0.610. The smallest absolute Gasteiger partial charge is 0.338 e. The average molecular weight is 487 g/mol. The van der Waals surface area contributed by atoms with Crippen LogP contribution in [0.4, 0.5) is 4.79 Å². The number of hydrogen-bond donors (Lipinski definition) is 3. The Labute approximate surface area is 210 Å². The number of nitrogens with zero attached hydrogens (tertiary/aromatic N) is 1. The summed E-state index contributed by atoms with van der Waals surface area (Å²) >= 11 is 0. The Morgan fingerprint density at radius 2 is 1.94 bits per heavy atom. The number of methoxy groups -OCH3 is 1. The predicted molar refractivity (Wildman–Crippen MR) is 138 cm³/mol. The summed E-state index contributed by atoms with van der Waals surface area (Å²) in [7, 11) is 1.60. The molecule has 186 valence electrons. The van der Waals surface area contributed by atoms with E-state index in [1.165, 1.54) is 16.5 Å². The standard InChI is InChI=1S/C28H30N4O4/c1-3-36-27(33)25-24(30-28(34)31-26(25)19-8-10-20(35-2)11-9-19)17-32-14-12-18(13-15-32)22-16-29-23-7-5-4-6-21(22)23/h4-12,16,26,29H,3,13-15,17H2,1-2H3,(H2,30,31,34). The van der Waals surface area contributed by atoms with Crippen molar-refractivity contribution in [2.24, 2.45) is 0 Å². The first-order chi connectivity index (χ1) is 17.6. The molecular weight excluding hydrogens is 456 g/mol. The fourth-order valence-electron chi connectivity index (χ4n) is 4.90. The number of fused-ring (bicyclic) bond motifs is 1. The molecule has 1 atom stereocenters. The van der Waals surface area contributed by atoms with Crippen LogP contribution >= 0.6 is 0 Å². The lowest BCUT2D eigenvalue weighted by atomic mass is 9.94. The second-order valence-corrected chi connectivity index (χ2v) is 8.88. The minimum absolute atomic E-state index is 0.249. The van der Waals surface area contributed by atoms with E-state index in [9.17, 15) is 9.59 Å². The highest BCUT2D eigenvalue weighted by atomic mass is 16.5. The SMILES string of the molecule is CCOC(=O)C1=C(CN2CC=C(c3c[nH]c4ccccc34)CC2)NC(=O)NC1c1ccc(OC)cc1. The molecule has 0 saturated heterocycles. The molecule has 0 bridgehead atoms. The molecule has 2 aliphatic heterocycles. The number of hydrogen-bond acceptors (Lipinski definition) is 5. The van der Waals surface area contributed by atoms with E-state index in [0.29, 0.717) is 30.1 Å². The maximum Gasteiger partial charge on any atom is 0.338 e. The summed E-state index contributed by atoms with van der Waals surface area (Å²) in [6, 6.07) is 14.7. The van der Waals surface area contributed by atoms with Gasteiger partial charge < -0.3 is 25.1 Å². The molecule has 2 aliphatic rings. The van der Waals surface area contributed by atoms with Gasteiger partial charge in [-0.15, -0.1) is 0 Å². The van der Waals surface area contributed by atoms with Crippen molar-refractivity contribution in [3.8, 4) is 5.75 Å². The monoisotopic (exact) mass is 486 g/mol. The van der Waals surface area contributed by atoms with Gasteiger partial charge in [0.1, 0.15) is 5.75 Å². The van der Waals surface area contributed by atoms with Crippen LogP contribution in [-0.2, 0) is 9.53 Å². The van der Waals surface area contributed by atoms with E-state index in [1.54, 1.807) is 14.0 Å². The van der Waals surface area contributed by atoms with E-state index < -0.39 is 12.0 Å². The number of amides is 2. The van der Waals surface area contributed by atoms with E-state index >= 15 is 0 Å². The lowest BCUT2D eigenvalue weighted by Gasteiger charge is -2.33. The minimum Gasteiger partial charge on any atom is -0.497 e. The molecule has 0 radical (unpaired) electrons. The van der Waals surface area contributed by atoms with Crippen LogP contribution in [0.25, 0.3) is 16.5 Å². The van der Waals surface area contributed by atoms with Gasteiger partial charge in [-0.3, -0.25) is 4.90 Å². The van der Waals surface area contributed by atoms with Gasteiger partial charge in [0.15, 0.2) is 0 Å². The molecule has 0 fully saturated rings. The van der Waals surface area contributed by atoms with E-state index in [0.717, 1.165) is 24.0 Å². The molecule has 8 heteroatoms. The Morgan fingerprint density at radius 1 is 1.14 bits per heavy atom. The molecule has 2 aromatic carbocycles. The highest BCUT2D eigenvalue weighted by molar-refractivity contribution is 5.95. The number of esters is 1. The summed E-state index contributed by atoms with van der Waals surface area (Å²) in [5.74, 6) is 0.264. The number of para-hydroxylation sites is 1. The molecule has 2 amide bonds. The first kappa shape index (κ1) is 23.7. The Hall–Kier alpha value is -4.04. The number of H-pyrrole nitrogens is 1. The Balaban J connectivity index is 1.41. The van der Waals surface area contributed by atoms with E-state index in [2.05, 4.69) is 51.0 Å². The van der Waals surface area contributed by atoms with Gasteiger partial charge >= 0.3 is 12.0 Å². The van der Waals surface area contributed by atoms with Crippen LogP contribution in [0.2, 0.25) is 0 Å². The van der Waals surface area contributed by atoms with Crippen LogP contribution in [0.5, 0.6) is 5.75 Å². The van der Waals surface area contributed by atoms with E-state index in [-0.39, 0.29) is 12.6 Å². The van der Waals surface area contributed by atoms with Gasteiger partial charge in [-0.05, 0) is 42.7 Å². The van der Waals surface area contributed by atoms with Gasteiger partial charge in [0.05, 0.1) is 25.3 Å². The molecule has 1 aromatic heterocycles. The predicted octanol–water partition coefficient (Wildman–Crippen LogP) is 4.14. The molecule has 8 nitrogen and oxygen atoms in total. The molecule has 1 unspecified atom stereocenters. The molecule has 36 heavy (non-hydrogen) atoms. The Bertz CT molecular complexity index is 1340. The summed E-state index contributed by atoms with van der Waals surface area (Å²) < 4.78 is 10.6.